The normalized spacial score (nSPS) is 18.7. The third-order valence-electron chi connectivity index (χ3n) is 5.21. The lowest BCUT2D eigenvalue weighted by Gasteiger charge is -2.34. The molecule has 0 bridgehead atoms. The molecule has 2 aliphatic rings. The summed E-state index contributed by atoms with van der Waals surface area (Å²) in [5.74, 6) is 0.907. The van der Waals surface area contributed by atoms with Gasteiger partial charge in [0.15, 0.2) is 0 Å². The number of amides is 1. The molecule has 2 aromatic rings. The molecular weight excluding hydrogens is 360 g/mol. The number of rotatable bonds is 5. The van der Waals surface area contributed by atoms with Crippen LogP contribution in [-0.4, -0.2) is 69.9 Å². The Morgan fingerprint density at radius 1 is 1.00 bits per heavy atom. The Morgan fingerprint density at radius 2 is 1.74 bits per heavy atom. The van der Waals surface area contributed by atoms with Crippen LogP contribution >= 0.6 is 11.3 Å². The van der Waals surface area contributed by atoms with E-state index < -0.39 is 0 Å². The van der Waals surface area contributed by atoms with Crippen molar-refractivity contribution in [1.29, 1.82) is 0 Å². The Kier molecular flexibility index (Phi) is 5.94. The number of carbonyl (C=O) groups is 1. The van der Waals surface area contributed by atoms with Gasteiger partial charge in [-0.05, 0) is 32.0 Å². The van der Waals surface area contributed by atoms with E-state index in [0.29, 0.717) is 19.5 Å². The van der Waals surface area contributed by atoms with Crippen molar-refractivity contribution in [3.63, 3.8) is 0 Å². The second kappa shape index (κ2) is 8.75. The fourth-order valence-electron chi connectivity index (χ4n) is 3.69. The van der Waals surface area contributed by atoms with E-state index in [0.717, 1.165) is 36.3 Å². The molecule has 0 atom stereocenters. The largest absolute Gasteiger partial charge is 0.339 e. The van der Waals surface area contributed by atoms with E-state index in [1.54, 1.807) is 23.7 Å². The summed E-state index contributed by atoms with van der Waals surface area (Å²) >= 11 is 1.68. The molecule has 4 rings (SSSR count). The summed E-state index contributed by atoms with van der Waals surface area (Å²) in [5.41, 5.74) is 0.908. The first-order valence-electron chi connectivity index (χ1n) is 9.73. The molecule has 7 nitrogen and oxygen atoms in total. The molecule has 0 N–H and O–H groups in total. The number of piperidine rings is 1. The number of thiazole rings is 1. The maximum atomic E-state index is 12.6. The first-order chi connectivity index (χ1) is 13.3. The molecule has 0 unspecified atom stereocenters. The molecule has 0 aliphatic carbocycles. The van der Waals surface area contributed by atoms with Gasteiger partial charge in [-0.15, -0.1) is 11.3 Å². The molecule has 0 saturated carbocycles. The van der Waals surface area contributed by atoms with Crippen LogP contribution < -0.4 is 4.90 Å². The Hall–Kier alpha value is -2.06. The lowest BCUT2D eigenvalue weighted by Crippen LogP contribution is -2.49. The SMILES string of the molecule is O=C(Cc1csc(CN2CCCCC2)n1)N1CCN(c2ncccn2)CC1. The van der Waals surface area contributed by atoms with Crippen LogP contribution in [0.5, 0.6) is 0 Å². The van der Waals surface area contributed by atoms with Crippen molar-refractivity contribution < 1.29 is 4.79 Å². The molecule has 1 amide bonds. The van der Waals surface area contributed by atoms with Gasteiger partial charge in [-0.25, -0.2) is 15.0 Å². The number of aromatic nitrogens is 3. The lowest BCUT2D eigenvalue weighted by atomic mass is 10.1. The smallest absolute Gasteiger partial charge is 0.228 e. The number of piperazine rings is 1. The number of likely N-dealkylation sites (tertiary alicyclic amines) is 1. The van der Waals surface area contributed by atoms with Gasteiger partial charge in [-0.2, -0.15) is 0 Å². The van der Waals surface area contributed by atoms with Crippen molar-refractivity contribution in [2.75, 3.05) is 44.2 Å². The summed E-state index contributed by atoms with van der Waals surface area (Å²) in [5, 5.41) is 3.18. The molecule has 2 saturated heterocycles. The van der Waals surface area contributed by atoms with E-state index in [1.807, 2.05) is 16.3 Å². The van der Waals surface area contributed by atoms with Crippen LogP contribution in [0.1, 0.15) is 30.0 Å². The van der Waals surface area contributed by atoms with Crippen molar-refractivity contribution >= 4 is 23.2 Å². The molecule has 2 fully saturated rings. The van der Waals surface area contributed by atoms with Gasteiger partial charge in [0.05, 0.1) is 18.7 Å². The maximum absolute atomic E-state index is 12.6. The van der Waals surface area contributed by atoms with Gasteiger partial charge in [0.2, 0.25) is 11.9 Å². The molecule has 0 radical (unpaired) electrons. The number of nitrogens with zero attached hydrogens (tertiary/aromatic N) is 6. The Bertz CT molecular complexity index is 738. The molecule has 2 aromatic heterocycles. The highest BCUT2D eigenvalue weighted by molar-refractivity contribution is 7.09. The molecule has 4 heterocycles. The number of hydrogen-bond acceptors (Lipinski definition) is 7. The highest BCUT2D eigenvalue weighted by atomic mass is 32.1. The average molecular weight is 387 g/mol. The monoisotopic (exact) mass is 386 g/mol. The minimum absolute atomic E-state index is 0.165. The van der Waals surface area contributed by atoms with E-state index in [2.05, 4.69) is 19.8 Å². The molecular formula is C19H26N6OS. The summed E-state index contributed by atoms with van der Waals surface area (Å²) in [7, 11) is 0. The molecule has 144 valence electrons. The van der Waals surface area contributed by atoms with Crippen molar-refractivity contribution in [1.82, 2.24) is 24.8 Å². The highest BCUT2D eigenvalue weighted by Crippen LogP contribution is 2.17. The van der Waals surface area contributed by atoms with Gasteiger partial charge in [0, 0.05) is 44.0 Å². The van der Waals surface area contributed by atoms with Gasteiger partial charge >= 0.3 is 0 Å². The molecule has 27 heavy (non-hydrogen) atoms. The van der Waals surface area contributed by atoms with Gasteiger partial charge in [-0.3, -0.25) is 9.69 Å². The van der Waals surface area contributed by atoms with Crippen molar-refractivity contribution in [2.24, 2.45) is 0 Å². The fourth-order valence-corrected chi connectivity index (χ4v) is 4.52. The Labute approximate surface area is 164 Å². The van der Waals surface area contributed by atoms with Crippen LogP contribution in [0, 0.1) is 0 Å². The van der Waals surface area contributed by atoms with Crippen LogP contribution in [0.25, 0.3) is 0 Å². The lowest BCUT2D eigenvalue weighted by molar-refractivity contribution is -0.130. The van der Waals surface area contributed by atoms with Crippen molar-refractivity contribution in [2.45, 2.75) is 32.2 Å². The van der Waals surface area contributed by atoms with Crippen molar-refractivity contribution in [3.05, 3.63) is 34.5 Å². The zero-order valence-corrected chi connectivity index (χ0v) is 16.4. The van der Waals surface area contributed by atoms with E-state index in [9.17, 15) is 4.79 Å². The quantitative estimate of drug-likeness (QED) is 0.781. The summed E-state index contributed by atoms with van der Waals surface area (Å²) in [6.07, 6.45) is 7.83. The van der Waals surface area contributed by atoms with Crippen LogP contribution in [-0.2, 0) is 17.8 Å². The molecule has 0 aromatic carbocycles. The number of carbonyl (C=O) groups excluding carboxylic acids is 1. The molecule has 8 heteroatoms. The third-order valence-corrected chi connectivity index (χ3v) is 6.09. The first kappa shape index (κ1) is 18.3. The predicted octanol–water partition coefficient (Wildman–Crippen LogP) is 1.81. The standard InChI is InChI=1S/C19H26N6OS/c26-18(24-9-11-25(12-10-24)19-20-5-4-6-21-19)13-16-15-27-17(22-16)14-23-7-2-1-3-8-23/h4-6,15H,1-3,7-14H2. The maximum Gasteiger partial charge on any atom is 0.228 e. The van der Waals surface area contributed by atoms with Crippen molar-refractivity contribution in [3.8, 4) is 0 Å². The van der Waals surface area contributed by atoms with Gasteiger partial charge in [0.25, 0.3) is 0 Å². The van der Waals surface area contributed by atoms with Crippen LogP contribution in [0.3, 0.4) is 0 Å². The molecule has 0 spiro atoms. The average Bonchev–Trinajstić information content (AvgIpc) is 3.16. The Balaban J connectivity index is 1.26. The zero-order valence-electron chi connectivity index (χ0n) is 15.6. The van der Waals surface area contributed by atoms with Gasteiger partial charge in [0.1, 0.15) is 5.01 Å². The summed E-state index contributed by atoms with van der Waals surface area (Å²) in [6.45, 7) is 6.23. The number of hydrogen-bond donors (Lipinski definition) is 0. The van der Waals surface area contributed by atoms with Gasteiger partial charge in [-0.1, -0.05) is 6.42 Å². The summed E-state index contributed by atoms with van der Waals surface area (Å²) < 4.78 is 0. The zero-order chi connectivity index (χ0) is 18.5. The fraction of sp³-hybridized carbons (Fsp3) is 0.579. The van der Waals surface area contributed by atoms with Gasteiger partial charge < -0.3 is 9.80 Å². The van der Waals surface area contributed by atoms with Crippen LogP contribution in [0.2, 0.25) is 0 Å². The summed E-state index contributed by atoms with van der Waals surface area (Å²) in [4.78, 5) is 32.5. The van der Waals surface area contributed by atoms with E-state index >= 15 is 0 Å². The van der Waals surface area contributed by atoms with E-state index in [-0.39, 0.29) is 5.91 Å². The minimum atomic E-state index is 0.165. The predicted molar refractivity (Wildman–Crippen MR) is 106 cm³/mol. The van der Waals surface area contributed by atoms with E-state index in [4.69, 9.17) is 4.98 Å². The first-order valence-corrected chi connectivity index (χ1v) is 10.6. The molecule has 2 aliphatic heterocycles. The third kappa shape index (κ3) is 4.81. The van der Waals surface area contributed by atoms with Crippen LogP contribution in [0.4, 0.5) is 5.95 Å². The second-order valence-corrected chi connectivity index (χ2v) is 8.11. The topological polar surface area (TPSA) is 65.5 Å². The van der Waals surface area contributed by atoms with Crippen LogP contribution in [0.15, 0.2) is 23.8 Å². The second-order valence-electron chi connectivity index (χ2n) is 7.16. The van der Waals surface area contributed by atoms with E-state index in [1.165, 1.54) is 32.4 Å². The number of anilines is 1. The highest BCUT2D eigenvalue weighted by Gasteiger charge is 2.23. The Morgan fingerprint density at radius 3 is 2.48 bits per heavy atom. The summed E-state index contributed by atoms with van der Waals surface area (Å²) in [6, 6.07) is 1.82. The minimum Gasteiger partial charge on any atom is -0.339 e.